The molecule has 8 heteroatoms. The van der Waals surface area contributed by atoms with Crippen molar-refractivity contribution in [2.24, 2.45) is 5.10 Å². The number of hydrazone groups is 1. The molecule has 0 bridgehead atoms. The van der Waals surface area contributed by atoms with Crippen LogP contribution in [0.3, 0.4) is 0 Å². The van der Waals surface area contributed by atoms with E-state index >= 15 is 0 Å². The quantitative estimate of drug-likeness (QED) is 0.491. The number of nitrogens with one attached hydrogen (secondary N) is 1. The van der Waals surface area contributed by atoms with Gasteiger partial charge in [-0.2, -0.15) is 5.10 Å². The number of rotatable bonds is 5. The van der Waals surface area contributed by atoms with Gasteiger partial charge in [0.1, 0.15) is 5.75 Å². The first-order chi connectivity index (χ1) is 10.1. The fourth-order valence-corrected chi connectivity index (χ4v) is 2.50. The average molecular weight is 364 g/mol. The van der Waals surface area contributed by atoms with Gasteiger partial charge in [-0.05, 0) is 17.5 Å². The Hall–Kier alpha value is -1.27. The number of hydrogen-bond acceptors (Lipinski definition) is 4. The molecule has 0 aliphatic heterocycles. The Kier molecular flexibility index (Phi) is 5.87. The van der Waals surface area contributed by atoms with Crippen LogP contribution < -0.4 is 10.2 Å². The van der Waals surface area contributed by atoms with Crippen molar-refractivity contribution in [1.29, 1.82) is 0 Å². The third-order valence-electron chi connectivity index (χ3n) is 2.26. The van der Waals surface area contributed by atoms with Crippen molar-refractivity contribution >= 4 is 58.3 Å². The number of halogens is 3. The minimum Gasteiger partial charge on any atom is -0.482 e. The van der Waals surface area contributed by atoms with Gasteiger partial charge in [-0.15, -0.1) is 11.3 Å². The van der Waals surface area contributed by atoms with Gasteiger partial charge in [-0.3, -0.25) is 4.79 Å². The van der Waals surface area contributed by atoms with Crippen LogP contribution in [0.2, 0.25) is 15.1 Å². The minimum absolute atomic E-state index is 0.237. The van der Waals surface area contributed by atoms with E-state index in [4.69, 9.17) is 39.5 Å². The monoisotopic (exact) mass is 362 g/mol. The number of hydrogen-bond donors (Lipinski definition) is 1. The summed E-state index contributed by atoms with van der Waals surface area (Å²) in [4.78, 5) is 12.5. The van der Waals surface area contributed by atoms with E-state index in [0.29, 0.717) is 10.0 Å². The molecular weight excluding hydrogens is 355 g/mol. The average Bonchev–Trinajstić information content (AvgIpc) is 2.94. The molecule has 1 heterocycles. The van der Waals surface area contributed by atoms with E-state index in [9.17, 15) is 4.79 Å². The molecule has 1 aromatic carbocycles. The number of carbonyl (C=O) groups excluding carboxylic acids is 1. The summed E-state index contributed by atoms with van der Waals surface area (Å²) >= 11 is 19.1. The number of ether oxygens (including phenoxy) is 1. The highest BCUT2D eigenvalue weighted by atomic mass is 35.5. The Morgan fingerprint density at radius 2 is 2.05 bits per heavy atom. The van der Waals surface area contributed by atoms with Crippen molar-refractivity contribution in [1.82, 2.24) is 5.43 Å². The maximum atomic E-state index is 11.6. The second-order valence-electron chi connectivity index (χ2n) is 3.79. The summed E-state index contributed by atoms with van der Waals surface area (Å²) in [7, 11) is 0. The maximum Gasteiger partial charge on any atom is 0.277 e. The van der Waals surface area contributed by atoms with E-state index in [1.807, 2.05) is 17.5 Å². The van der Waals surface area contributed by atoms with Gasteiger partial charge in [0.2, 0.25) is 0 Å². The van der Waals surface area contributed by atoms with Gasteiger partial charge in [-0.1, -0.05) is 40.9 Å². The fraction of sp³-hybridized carbons (Fsp3) is 0.0769. The molecule has 110 valence electrons. The van der Waals surface area contributed by atoms with Crippen LogP contribution in [0.1, 0.15) is 4.88 Å². The molecule has 4 nitrogen and oxygen atoms in total. The van der Waals surface area contributed by atoms with E-state index in [1.54, 1.807) is 6.21 Å². The van der Waals surface area contributed by atoms with E-state index in [2.05, 4.69) is 10.5 Å². The summed E-state index contributed by atoms with van der Waals surface area (Å²) in [5.41, 5.74) is 2.35. The van der Waals surface area contributed by atoms with Crippen LogP contribution in [-0.4, -0.2) is 18.7 Å². The summed E-state index contributed by atoms with van der Waals surface area (Å²) in [5, 5.41) is 6.62. The second kappa shape index (κ2) is 7.66. The van der Waals surface area contributed by atoms with Crippen LogP contribution in [0.4, 0.5) is 0 Å². The van der Waals surface area contributed by atoms with E-state index in [-0.39, 0.29) is 17.4 Å². The number of thiophene rings is 1. The molecule has 1 N–H and O–H groups in total. The highest BCUT2D eigenvalue weighted by Gasteiger charge is 2.09. The normalized spacial score (nSPS) is 10.8. The molecule has 21 heavy (non-hydrogen) atoms. The molecule has 1 amide bonds. The first kappa shape index (κ1) is 16.1. The van der Waals surface area contributed by atoms with Crippen molar-refractivity contribution in [2.45, 2.75) is 0 Å². The van der Waals surface area contributed by atoms with Crippen molar-refractivity contribution < 1.29 is 9.53 Å². The van der Waals surface area contributed by atoms with E-state index in [0.717, 1.165) is 4.88 Å². The molecule has 0 radical (unpaired) electrons. The predicted molar refractivity (Wildman–Crippen MR) is 87.0 cm³/mol. The number of benzene rings is 1. The summed E-state index contributed by atoms with van der Waals surface area (Å²) in [6.07, 6.45) is 1.55. The highest BCUT2D eigenvalue weighted by Crippen LogP contribution is 2.33. The standard InChI is InChI=1S/C13H9Cl3N2O2S/c14-9-4-11(16)12(5-10(9)15)20-7-13(19)18-17-6-8-2-1-3-21-8/h1-6H,7H2,(H,18,19). The van der Waals surface area contributed by atoms with Crippen molar-refractivity contribution in [3.63, 3.8) is 0 Å². The van der Waals surface area contributed by atoms with Gasteiger partial charge in [0.25, 0.3) is 5.91 Å². The Labute approximate surface area is 140 Å². The zero-order valence-electron chi connectivity index (χ0n) is 10.5. The topological polar surface area (TPSA) is 50.7 Å². The molecule has 2 aromatic rings. The fourth-order valence-electron chi connectivity index (χ4n) is 1.32. The summed E-state index contributed by atoms with van der Waals surface area (Å²) in [5.74, 6) is -0.131. The third-order valence-corrected chi connectivity index (χ3v) is 4.08. The van der Waals surface area contributed by atoms with E-state index < -0.39 is 5.91 Å². The first-order valence-corrected chi connectivity index (χ1v) is 7.70. The van der Waals surface area contributed by atoms with Crippen molar-refractivity contribution in [3.05, 3.63) is 49.6 Å². The van der Waals surface area contributed by atoms with Gasteiger partial charge in [0, 0.05) is 10.9 Å². The molecular formula is C13H9Cl3N2O2S. The molecule has 0 unspecified atom stereocenters. The van der Waals surface area contributed by atoms with Crippen molar-refractivity contribution in [2.75, 3.05) is 6.61 Å². The molecule has 0 aliphatic rings. The zero-order valence-corrected chi connectivity index (χ0v) is 13.6. The number of carbonyl (C=O) groups is 1. The van der Waals surface area contributed by atoms with Crippen LogP contribution in [-0.2, 0) is 4.79 Å². The van der Waals surface area contributed by atoms with Crippen LogP contribution in [0.25, 0.3) is 0 Å². The van der Waals surface area contributed by atoms with Gasteiger partial charge in [-0.25, -0.2) is 5.43 Å². The van der Waals surface area contributed by atoms with Crippen LogP contribution in [0.15, 0.2) is 34.7 Å². The Bertz CT molecular complexity index is 660. The van der Waals surface area contributed by atoms with Gasteiger partial charge in [0.05, 0.1) is 21.3 Å². The Balaban J connectivity index is 1.85. The maximum absolute atomic E-state index is 11.6. The molecule has 0 saturated heterocycles. The lowest BCUT2D eigenvalue weighted by atomic mass is 10.3. The smallest absolute Gasteiger partial charge is 0.277 e. The van der Waals surface area contributed by atoms with Crippen LogP contribution >= 0.6 is 46.1 Å². The number of amides is 1. The highest BCUT2D eigenvalue weighted by molar-refractivity contribution is 7.11. The molecule has 1 aromatic heterocycles. The Morgan fingerprint density at radius 1 is 1.29 bits per heavy atom. The van der Waals surface area contributed by atoms with Gasteiger partial charge < -0.3 is 4.74 Å². The zero-order chi connectivity index (χ0) is 15.2. The van der Waals surface area contributed by atoms with Gasteiger partial charge in [0.15, 0.2) is 6.61 Å². The predicted octanol–water partition coefficient (Wildman–Crippen LogP) is 4.24. The largest absolute Gasteiger partial charge is 0.482 e. The van der Waals surface area contributed by atoms with Crippen molar-refractivity contribution in [3.8, 4) is 5.75 Å². The molecule has 2 rings (SSSR count). The van der Waals surface area contributed by atoms with Crippen LogP contribution in [0.5, 0.6) is 5.75 Å². The third kappa shape index (κ3) is 4.89. The lowest BCUT2D eigenvalue weighted by Crippen LogP contribution is -2.24. The van der Waals surface area contributed by atoms with Gasteiger partial charge >= 0.3 is 0 Å². The second-order valence-corrected chi connectivity index (χ2v) is 5.99. The molecule has 0 fully saturated rings. The Morgan fingerprint density at radius 3 is 2.76 bits per heavy atom. The minimum atomic E-state index is -0.412. The molecule has 0 spiro atoms. The molecule has 0 atom stereocenters. The number of nitrogens with zero attached hydrogens (tertiary/aromatic N) is 1. The summed E-state index contributed by atoms with van der Waals surface area (Å²) < 4.78 is 5.26. The summed E-state index contributed by atoms with van der Waals surface area (Å²) in [6, 6.07) is 6.68. The van der Waals surface area contributed by atoms with Crippen LogP contribution in [0, 0.1) is 0 Å². The first-order valence-electron chi connectivity index (χ1n) is 5.69. The lowest BCUT2D eigenvalue weighted by molar-refractivity contribution is -0.123. The summed E-state index contributed by atoms with van der Waals surface area (Å²) in [6.45, 7) is -0.237. The molecule has 0 aliphatic carbocycles. The molecule has 0 saturated carbocycles. The lowest BCUT2D eigenvalue weighted by Gasteiger charge is -2.08. The van der Waals surface area contributed by atoms with E-state index in [1.165, 1.54) is 23.5 Å². The SMILES string of the molecule is O=C(COc1cc(Cl)c(Cl)cc1Cl)NN=Cc1cccs1.